The van der Waals surface area contributed by atoms with E-state index in [9.17, 15) is 4.79 Å². The highest BCUT2D eigenvalue weighted by Gasteiger charge is 2.02. The molecule has 0 saturated carbocycles. The first-order valence-corrected chi connectivity index (χ1v) is 4.82. The third kappa shape index (κ3) is 2.92. The van der Waals surface area contributed by atoms with Gasteiger partial charge in [0.15, 0.2) is 0 Å². The van der Waals surface area contributed by atoms with Crippen LogP contribution in [0.2, 0.25) is 5.02 Å². The number of amides is 2. The summed E-state index contributed by atoms with van der Waals surface area (Å²) in [6, 6.07) is 5.14. The number of anilines is 1. The molecule has 2 N–H and O–H groups in total. The van der Waals surface area contributed by atoms with Crippen molar-refractivity contribution >= 4 is 23.3 Å². The lowest BCUT2D eigenvalue weighted by Gasteiger charge is -2.08. The molecule has 0 aliphatic carbocycles. The zero-order valence-corrected chi connectivity index (χ0v) is 8.98. The molecule has 1 aromatic carbocycles. The van der Waals surface area contributed by atoms with Crippen molar-refractivity contribution in [3.05, 3.63) is 28.8 Å². The van der Waals surface area contributed by atoms with Gasteiger partial charge in [-0.1, -0.05) is 11.6 Å². The minimum absolute atomic E-state index is 0.196. The summed E-state index contributed by atoms with van der Waals surface area (Å²) < 4.78 is 0. The van der Waals surface area contributed by atoms with E-state index in [1.54, 1.807) is 12.1 Å². The van der Waals surface area contributed by atoms with Gasteiger partial charge in [-0.05, 0) is 37.6 Å². The maximum atomic E-state index is 11.2. The van der Waals surface area contributed by atoms with E-state index in [0.29, 0.717) is 11.6 Å². The summed E-state index contributed by atoms with van der Waals surface area (Å²) in [6.45, 7) is 4.38. The van der Waals surface area contributed by atoms with Crippen LogP contribution in [0.15, 0.2) is 18.2 Å². The second-order valence-electron chi connectivity index (χ2n) is 2.94. The number of hydrogen-bond donors (Lipinski definition) is 2. The Hall–Kier alpha value is -1.22. The molecule has 0 spiro atoms. The number of halogens is 1. The highest BCUT2D eigenvalue weighted by molar-refractivity contribution is 6.30. The highest BCUT2D eigenvalue weighted by atomic mass is 35.5. The Morgan fingerprint density at radius 3 is 2.79 bits per heavy atom. The topological polar surface area (TPSA) is 41.1 Å². The first-order chi connectivity index (χ1) is 6.63. The molecule has 0 aromatic heterocycles. The van der Waals surface area contributed by atoms with Gasteiger partial charge in [0.25, 0.3) is 0 Å². The summed E-state index contributed by atoms with van der Waals surface area (Å²) >= 11 is 5.79. The maximum Gasteiger partial charge on any atom is 0.319 e. The van der Waals surface area contributed by atoms with Crippen LogP contribution in [-0.2, 0) is 0 Å². The van der Waals surface area contributed by atoms with E-state index in [0.717, 1.165) is 11.3 Å². The van der Waals surface area contributed by atoms with Crippen LogP contribution >= 0.6 is 11.6 Å². The second kappa shape index (κ2) is 4.86. The monoisotopic (exact) mass is 212 g/mol. The number of hydrogen-bond acceptors (Lipinski definition) is 1. The summed E-state index contributed by atoms with van der Waals surface area (Å²) in [5, 5.41) is 6.05. The van der Waals surface area contributed by atoms with E-state index in [1.807, 2.05) is 19.9 Å². The first kappa shape index (κ1) is 10.9. The molecular formula is C10H13ClN2O. The van der Waals surface area contributed by atoms with Crippen molar-refractivity contribution in [1.82, 2.24) is 5.32 Å². The molecule has 0 heterocycles. The van der Waals surface area contributed by atoms with Gasteiger partial charge in [-0.15, -0.1) is 0 Å². The Kier molecular flexibility index (Phi) is 3.77. The van der Waals surface area contributed by atoms with Crippen molar-refractivity contribution in [2.75, 3.05) is 11.9 Å². The van der Waals surface area contributed by atoms with Crippen LogP contribution < -0.4 is 10.6 Å². The van der Waals surface area contributed by atoms with Crippen LogP contribution in [-0.4, -0.2) is 12.6 Å². The van der Waals surface area contributed by atoms with Crippen molar-refractivity contribution < 1.29 is 4.79 Å². The molecule has 1 aromatic rings. The molecule has 2 amide bonds. The lowest BCUT2D eigenvalue weighted by Crippen LogP contribution is -2.28. The third-order valence-electron chi connectivity index (χ3n) is 1.77. The van der Waals surface area contributed by atoms with Crippen molar-refractivity contribution in [3.8, 4) is 0 Å². The number of carbonyl (C=O) groups excluding carboxylic acids is 1. The fraction of sp³-hybridized carbons (Fsp3) is 0.300. The SMILES string of the molecule is CCNC(=O)Nc1ccc(Cl)cc1C. The molecule has 3 nitrogen and oxygen atoms in total. The number of aryl methyl sites for hydroxylation is 1. The second-order valence-corrected chi connectivity index (χ2v) is 3.38. The van der Waals surface area contributed by atoms with Gasteiger partial charge < -0.3 is 10.6 Å². The van der Waals surface area contributed by atoms with Gasteiger partial charge in [-0.3, -0.25) is 0 Å². The predicted molar refractivity (Wildman–Crippen MR) is 58.9 cm³/mol. The van der Waals surface area contributed by atoms with Crippen LogP contribution in [0, 0.1) is 6.92 Å². The maximum absolute atomic E-state index is 11.2. The molecule has 0 aliphatic rings. The smallest absolute Gasteiger partial charge is 0.319 e. The number of rotatable bonds is 2. The molecule has 0 radical (unpaired) electrons. The minimum atomic E-state index is -0.196. The highest BCUT2D eigenvalue weighted by Crippen LogP contribution is 2.19. The average Bonchev–Trinajstić information content (AvgIpc) is 2.10. The Bertz CT molecular complexity index is 339. The van der Waals surface area contributed by atoms with Crippen molar-refractivity contribution in [1.29, 1.82) is 0 Å². The normalized spacial score (nSPS) is 9.64. The Labute approximate surface area is 88.5 Å². The van der Waals surface area contributed by atoms with Gasteiger partial charge in [0.1, 0.15) is 0 Å². The predicted octanol–water partition coefficient (Wildman–Crippen LogP) is 2.79. The number of nitrogens with one attached hydrogen (secondary N) is 2. The molecule has 0 atom stereocenters. The molecule has 0 bridgehead atoms. The van der Waals surface area contributed by atoms with E-state index in [2.05, 4.69) is 10.6 Å². The zero-order chi connectivity index (χ0) is 10.6. The molecule has 1 rings (SSSR count). The zero-order valence-electron chi connectivity index (χ0n) is 8.23. The van der Waals surface area contributed by atoms with E-state index >= 15 is 0 Å². The summed E-state index contributed by atoms with van der Waals surface area (Å²) in [7, 11) is 0. The number of carbonyl (C=O) groups is 1. The lowest BCUT2D eigenvalue weighted by molar-refractivity contribution is 0.252. The quantitative estimate of drug-likeness (QED) is 0.778. The molecule has 76 valence electrons. The van der Waals surface area contributed by atoms with Gasteiger partial charge in [0.2, 0.25) is 0 Å². The largest absolute Gasteiger partial charge is 0.338 e. The van der Waals surface area contributed by atoms with Crippen LogP contribution in [0.1, 0.15) is 12.5 Å². The van der Waals surface area contributed by atoms with Crippen LogP contribution in [0.25, 0.3) is 0 Å². The van der Waals surface area contributed by atoms with E-state index in [4.69, 9.17) is 11.6 Å². The fourth-order valence-electron chi connectivity index (χ4n) is 1.09. The van der Waals surface area contributed by atoms with Gasteiger partial charge in [0, 0.05) is 17.3 Å². The minimum Gasteiger partial charge on any atom is -0.338 e. The van der Waals surface area contributed by atoms with Crippen LogP contribution in [0.3, 0.4) is 0 Å². The molecule has 0 fully saturated rings. The Morgan fingerprint density at radius 1 is 1.50 bits per heavy atom. The Balaban J connectivity index is 2.72. The van der Waals surface area contributed by atoms with E-state index in [1.165, 1.54) is 0 Å². The van der Waals surface area contributed by atoms with Crippen molar-refractivity contribution in [2.45, 2.75) is 13.8 Å². The number of urea groups is 1. The van der Waals surface area contributed by atoms with Crippen molar-refractivity contribution in [3.63, 3.8) is 0 Å². The molecule has 14 heavy (non-hydrogen) atoms. The molecule has 0 saturated heterocycles. The molecular weight excluding hydrogens is 200 g/mol. The van der Waals surface area contributed by atoms with Gasteiger partial charge in [-0.2, -0.15) is 0 Å². The summed E-state index contributed by atoms with van der Waals surface area (Å²) in [5.41, 5.74) is 1.73. The van der Waals surface area contributed by atoms with E-state index < -0.39 is 0 Å². The number of benzene rings is 1. The lowest BCUT2D eigenvalue weighted by atomic mass is 10.2. The molecule has 4 heteroatoms. The van der Waals surface area contributed by atoms with Crippen LogP contribution in [0.5, 0.6) is 0 Å². The summed E-state index contributed by atoms with van der Waals surface area (Å²) in [4.78, 5) is 11.2. The fourth-order valence-corrected chi connectivity index (χ4v) is 1.32. The summed E-state index contributed by atoms with van der Waals surface area (Å²) in [6.07, 6.45) is 0. The standard InChI is InChI=1S/C10H13ClN2O/c1-3-12-10(14)13-9-5-4-8(11)6-7(9)2/h4-6H,3H2,1-2H3,(H2,12,13,14). The van der Waals surface area contributed by atoms with Gasteiger partial charge >= 0.3 is 6.03 Å². The third-order valence-corrected chi connectivity index (χ3v) is 2.01. The van der Waals surface area contributed by atoms with E-state index in [-0.39, 0.29) is 6.03 Å². The van der Waals surface area contributed by atoms with Crippen LogP contribution in [0.4, 0.5) is 10.5 Å². The van der Waals surface area contributed by atoms with Gasteiger partial charge in [0.05, 0.1) is 0 Å². The molecule has 0 unspecified atom stereocenters. The summed E-state index contributed by atoms with van der Waals surface area (Å²) in [5.74, 6) is 0. The Morgan fingerprint density at radius 2 is 2.21 bits per heavy atom. The average molecular weight is 213 g/mol. The van der Waals surface area contributed by atoms with Gasteiger partial charge in [-0.25, -0.2) is 4.79 Å². The van der Waals surface area contributed by atoms with Crippen molar-refractivity contribution in [2.24, 2.45) is 0 Å². The molecule has 0 aliphatic heterocycles. The first-order valence-electron chi connectivity index (χ1n) is 4.44.